The minimum atomic E-state index is -0.400. The maximum atomic E-state index is 12.4. The molecule has 6 nitrogen and oxygen atoms in total. The molecule has 0 radical (unpaired) electrons. The topological polar surface area (TPSA) is 88.6 Å². The normalized spacial score (nSPS) is 10.5. The Hall–Kier alpha value is -2.02. The number of furan rings is 1. The summed E-state index contributed by atoms with van der Waals surface area (Å²) < 4.78 is 5.15. The molecule has 0 fully saturated rings. The number of hydrogen-bond acceptors (Lipinski definition) is 4. The van der Waals surface area contributed by atoms with Gasteiger partial charge in [0, 0.05) is 6.54 Å². The van der Waals surface area contributed by atoms with Crippen LogP contribution in [-0.2, 0) is 11.3 Å². The van der Waals surface area contributed by atoms with Crippen LogP contribution in [0.5, 0.6) is 0 Å². The number of hydrogen-bond donors (Lipinski definition) is 2. The highest BCUT2D eigenvalue weighted by atomic mass is 35.5. The van der Waals surface area contributed by atoms with Crippen LogP contribution in [-0.4, -0.2) is 29.8 Å². The molecular weight excluding hydrogens is 353 g/mol. The fraction of sp³-hybridized carbons (Fsp3) is 0.250. The van der Waals surface area contributed by atoms with Crippen molar-refractivity contribution in [1.82, 2.24) is 4.90 Å². The molecule has 2 amide bonds. The van der Waals surface area contributed by atoms with Crippen molar-refractivity contribution >= 4 is 40.7 Å². The number of nitrogens with one attached hydrogen (secondary N) is 1. The van der Waals surface area contributed by atoms with Gasteiger partial charge in [0.2, 0.25) is 5.91 Å². The first-order chi connectivity index (χ1) is 11.5. The average Bonchev–Trinajstić information content (AvgIpc) is 3.04. The van der Waals surface area contributed by atoms with Gasteiger partial charge in [-0.2, -0.15) is 0 Å². The second-order valence-electron chi connectivity index (χ2n) is 4.97. The van der Waals surface area contributed by atoms with E-state index in [0.29, 0.717) is 33.6 Å². The second-order valence-corrected chi connectivity index (χ2v) is 5.78. The highest BCUT2D eigenvalue weighted by molar-refractivity contribution is 6.39. The highest BCUT2D eigenvalue weighted by Gasteiger charge is 2.20. The molecule has 0 spiro atoms. The molecule has 24 heavy (non-hydrogen) atoms. The lowest BCUT2D eigenvalue weighted by Gasteiger charge is -2.20. The van der Waals surface area contributed by atoms with Crippen molar-refractivity contribution in [2.75, 3.05) is 18.4 Å². The van der Waals surface area contributed by atoms with Crippen LogP contribution >= 0.6 is 23.2 Å². The summed E-state index contributed by atoms with van der Waals surface area (Å²) in [5, 5.41) is 3.28. The molecule has 0 aliphatic rings. The number of carbonyl (C=O) groups is 2. The molecule has 1 aromatic heterocycles. The van der Waals surface area contributed by atoms with Crippen LogP contribution < -0.4 is 11.1 Å². The predicted octanol–water partition coefficient (Wildman–Crippen LogP) is 3.15. The van der Waals surface area contributed by atoms with Crippen molar-refractivity contribution in [2.24, 2.45) is 5.73 Å². The average molecular weight is 370 g/mol. The molecule has 0 atom stereocenters. The monoisotopic (exact) mass is 369 g/mol. The number of para-hydroxylation sites is 1. The zero-order chi connectivity index (χ0) is 17.7. The molecule has 2 aromatic rings. The maximum Gasteiger partial charge on any atom is 0.257 e. The SMILES string of the molecule is CCN(CC(=O)Nc1c(Cl)cccc1Cl)C(=O)c1coc(CN)c1. The number of anilines is 1. The van der Waals surface area contributed by atoms with Crippen LogP contribution in [0.3, 0.4) is 0 Å². The number of rotatable bonds is 6. The third-order valence-corrected chi connectivity index (χ3v) is 3.96. The van der Waals surface area contributed by atoms with E-state index in [9.17, 15) is 9.59 Å². The standard InChI is InChI=1S/C16H17Cl2N3O3/c1-2-21(16(23)10-6-11(7-19)24-9-10)8-14(22)20-15-12(17)4-3-5-13(15)18/h3-6,9H,2,7-8,19H2,1H3,(H,20,22). The Kier molecular flexibility index (Phi) is 6.25. The lowest BCUT2D eigenvalue weighted by atomic mass is 10.2. The molecule has 0 aliphatic carbocycles. The minimum Gasteiger partial charge on any atom is -0.467 e. The molecule has 0 unspecified atom stereocenters. The van der Waals surface area contributed by atoms with Gasteiger partial charge in [0.15, 0.2) is 0 Å². The number of benzene rings is 1. The van der Waals surface area contributed by atoms with E-state index >= 15 is 0 Å². The van der Waals surface area contributed by atoms with Crippen LogP contribution in [0.2, 0.25) is 10.0 Å². The highest BCUT2D eigenvalue weighted by Crippen LogP contribution is 2.29. The Bertz CT molecular complexity index is 726. The van der Waals surface area contributed by atoms with Crippen LogP contribution in [0, 0.1) is 0 Å². The largest absolute Gasteiger partial charge is 0.467 e. The van der Waals surface area contributed by atoms with Crippen molar-refractivity contribution in [3.8, 4) is 0 Å². The number of amides is 2. The van der Waals surface area contributed by atoms with Gasteiger partial charge in [-0.3, -0.25) is 9.59 Å². The Morgan fingerprint density at radius 1 is 1.29 bits per heavy atom. The van der Waals surface area contributed by atoms with Gasteiger partial charge in [0.25, 0.3) is 5.91 Å². The molecule has 128 valence electrons. The molecule has 0 bridgehead atoms. The van der Waals surface area contributed by atoms with Gasteiger partial charge >= 0.3 is 0 Å². The second kappa shape index (κ2) is 8.19. The zero-order valence-corrected chi connectivity index (χ0v) is 14.5. The molecular formula is C16H17Cl2N3O3. The molecule has 0 saturated carbocycles. The first-order valence-corrected chi connectivity index (χ1v) is 8.02. The minimum absolute atomic E-state index is 0.139. The van der Waals surface area contributed by atoms with E-state index in [0.717, 1.165) is 0 Å². The van der Waals surface area contributed by atoms with Gasteiger partial charge < -0.3 is 20.4 Å². The van der Waals surface area contributed by atoms with Crippen molar-refractivity contribution in [1.29, 1.82) is 0 Å². The summed E-state index contributed by atoms with van der Waals surface area (Å²) in [5.41, 5.74) is 6.13. The van der Waals surface area contributed by atoms with E-state index in [2.05, 4.69) is 5.32 Å². The summed E-state index contributed by atoms with van der Waals surface area (Å²) >= 11 is 12.0. The van der Waals surface area contributed by atoms with Crippen LogP contribution in [0.1, 0.15) is 23.0 Å². The Labute approximate surface area is 149 Å². The van der Waals surface area contributed by atoms with Crippen LogP contribution in [0.15, 0.2) is 34.9 Å². The van der Waals surface area contributed by atoms with E-state index < -0.39 is 5.91 Å². The fourth-order valence-electron chi connectivity index (χ4n) is 2.08. The first-order valence-electron chi connectivity index (χ1n) is 7.26. The van der Waals surface area contributed by atoms with Crippen molar-refractivity contribution in [3.63, 3.8) is 0 Å². The molecule has 2 rings (SSSR count). The lowest BCUT2D eigenvalue weighted by Crippen LogP contribution is -2.37. The predicted molar refractivity (Wildman–Crippen MR) is 93.3 cm³/mol. The smallest absolute Gasteiger partial charge is 0.257 e. The summed E-state index contributed by atoms with van der Waals surface area (Å²) in [7, 11) is 0. The van der Waals surface area contributed by atoms with Gasteiger partial charge in [-0.05, 0) is 25.1 Å². The number of halogens is 2. The third-order valence-electron chi connectivity index (χ3n) is 3.33. The zero-order valence-electron chi connectivity index (χ0n) is 13.0. The quantitative estimate of drug-likeness (QED) is 0.818. The van der Waals surface area contributed by atoms with Crippen molar-refractivity contribution in [3.05, 3.63) is 51.9 Å². The van der Waals surface area contributed by atoms with Gasteiger partial charge in [-0.15, -0.1) is 0 Å². The number of likely N-dealkylation sites (N-methyl/N-ethyl adjacent to an activating group) is 1. The number of nitrogens with zero attached hydrogens (tertiary/aromatic N) is 1. The molecule has 8 heteroatoms. The number of nitrogens with two attached hydrogens (primary N) is 1. The van der Waals surface area contributed by atoms with E-state index in [1.165, 1.54) is 11.2 Å². The fourth-order valence-corrected chi connectivity index (χ4v) is 2.57. The molecule has 0 aliphatic heterocycles. The van der Waals surface area contributed by atoms with Crippen LogP contribution in [0.4, 0.5) is 5.69 Å². The van der Waals surface area contributed by atoms with Crippen molar-refractivity contribution < 1.29 is 14.0 Å². The van der Waals surface area contributed by atoms with Gasteiger partial charge in [-0.25, -0.2) is 0 Å². The van der Waals surface area contributed by atoms with Gasteiger partial charge in [0.05, 0.1) is 27.8 Å². The Morgan fingerprint density at radius 2 is 1.96 bits per heavy atom. The summed E-state index contributed by atoms with van der Waals surface area (Å²) in [4.78, 5) is 26.0. The number of carbonyl (C=O) groups excluding carboxylic acids is 2. The van der Waals surface area contributed by atoms with Crippen LogP contribution in [0.25, 0.3) is 0 Å². The van der Waals surface area contributed by atoms with Crippen molar-refractivity contribution in [2.45, 2.75) is 13.5 Å². The van der Waals surface area contributed by atoms with E-state index in [-0.39, 0.29) is 19.0 Å². The lowest BCUT2D eigenvalue weighted by molar-refractivity contribution is -0.116. The molecule has 3 N–H and O–H groups in total. The van der Waals surface area contributed by atoms with E-state index in [4.69, 9.17) is 33.4 Å². The summed E-state index contributed by atoms with van der Waals surface area (Å²) in [6.07, 6.45) is 1.33. The van der Waals surface area contributed by atoms with E-state index in [1.807, 2.05) is 0 Å². The first kappa shape index (κ1) is 18.3. The maximum absolute atomic E-state index is 12.4. The Balaban J connectivity index is 2.06. The summed E-state index contributed by atoms with van der Waals surface area (Å²) in [6, 6.07) is 6.47. The summed E-state index contributed by atoms with van der Waals surface area (Å²) in [6.45, 7) is 2.19. The molecule has 1 aromatic carbocycles. The van der Waals surface area contributed by atoms with Gasteiger partial charge in [0.1, 0.15) is 18.6 Å². The Morgan fingerprint density at radius 3 is 2.50 bits per heavy atom. The molecule has 1 heterocycles. The molecule has 0 saturated heterocycles. The summed E-state index contributed by atoms with van der Waals surface area (Å²) in [5.74, 6) is -0.217. The van der Waals surface area contributed by atoms with Gasteiger partial charge in [-0.1, -0.05) is 29.3 Å². The van der Waals surface area contributed by atoms with E-state index in [1.54, 1.807) is 31.2 Å². The third kappa shape index (κ3) is 4.29.